The Bertz CT molecular complexity index is 758. The smallest absolute Gasteiger partial charge is 0.297 e. The number of nitro benzene ring substituents is 1. The van der Waals surface area contributed by atoms with Crippen molar-refractivity contribution in [3.05, 3.63) is 40.1 Å². The molecule has 2 atom stereocenters. The highest BCUT2D eigenvalue weighted by Gasteiger charge is 2.50. The normalized spacial score (nSPS) is 22.8. The molecule has 0 radical (unpaired) electrons. The maximum Gasteiger partial charge on any atom is 0.297 e. The fourth-order valence-electron chi connectivity index (χ4n) is 3.12. The summed E-state index contributed by atoms with van der Waals surface area (Å²) in [4.78, 5) is 37.0. The van der Waals surface area contributed by atoms with E-state index < -0.39 is 28.7 Å². The number of carbonyl (C=O) groups is 2. The summed E-state index contributed by atoms with van der Waals surface area (Å²) >= 11 is 0. The molecule has 0 saturated carbocycles. The number of benzene rings is 1. The van der Waals surface area contributed by atoms with Crippen LogP contribution in [0.3, 0.4) is 0 Å². The van der Waals surface area contributed by atoms with Crippen molar-refractivity contribution in [2.75, 3.05) is 12.0 Å². The van der Waals surface area contributed by atoms with Gasteiger partial charge in [-0.05, 0) is 31.2 Å². The number of hydrogen-bond acceptors (Lipinski definition) is 6. The van der Waals surface area contributed by atoms with E-state index in [1.165, 1.54) is 25.3 Å². The number of fused-ring (bicyclic) bond motifs is 1. The molecule has 1 saturated heterocycles. The number of anilines is 1. The molecule has 8 nitrogen and oxygen atoms in total. The number of nitrogens with zero attached hydrogens (tertiary/aromatic N) is 2. The van der Waals surface area contributed by atoms with Crippen LogP contribution < -0.4 is 15.0 Å². The molecule has 0 aliphatic carbocycles. The molecule has 126 valence electrons. The molecule has 2 heterocycles. The Kier molecular flexibility index (Phi) is 3.96. The number of rotatable bonds is 4. The second-order valence-electron chi connectivity index (χ2n) is 5.73. The van der Waals surface area contributed by atoms with Crippen LogP contribution in [0.25, 0.3) is 0 Å². The minimum Gasteiger partial charge on any atom is -0.496 e. The molecule has 0 spiro atoms. The summed E-state index contributed by atoms with van der Waals surface area (Å²) < 4.78 is 4.99. The SMILES string of the molecule is CCC1=CNC2C(=O)N(c3ccc(OC)cc3[N+](=O)[O-])C(=O)C2C1. The van der Waals surface area contributed by atoms with Crippen LogP contribution in [0.15, 0.2) is 30.0 Å². The van der Waals surface area contributed by atoms with Gasteiger partial charge in [-0.2, -0.15) is 0 Å². The summed E-state index contributed by atoms with van der Waals surface area (Å²) in [5.74, 6) is -1.12. The Morgan fingerprint density at radius 3 is 2.75 bits per heavy atom. The average molecular weight is 331 g/mol. The molecule has 2 amide bonds. The summed E-state index contributed by atoms with van der Waals surface area (Å²) in [5.41, 5.74) is 0.687. The largest absolute Gasteiger partial charge is 0.496 e. The highest BCUT2D eigenvalue weighted by atomic mass is 16.6. The first-order valence-corrected chi connectivity index (χ1v) is 7.62. The van der Waals surface area contributed by atoms with E-state index in [2.05, 4.69) is 5.32 Å². The van der Waals surface area contributed by atoms with Gasteiger partial charge < -0.3 is 10.1 Å². The molecule has 0 bridgehead atoms. The first-order chi connectivity index (χ1) is 11.5. The van der Waals surface area contributed by atoms with E-state index in [1.807, 2.05) is 6.92 Å². The van der Waals surface area contributed by atoms with Crippen molar-refractivity contribution in [2.24, 2.45) is 5.92 Å². The van der Waals surface area contributed by atoms with Crippen molar-refractivity contribution in [2.45, 2.75) is 25.8 Å². The number of nitro groups is 1. The van der Waals surface area contributed by atoms with Gasteiger partial charge in [-0.1, -0.05) is 12.5 Å². The molecular weight excluding hydrogens is 314 g/mol. The molecule has 8 heteroatoms. The molecule has 2 aliphatic heterocycles. The molecule has 2 unspecified atom stereocenters. The maximum atomic E-state index is 12.7. The number of amides is 2. The predicted molar refractivity (Wildman–Crippen MR) is 85.5 cm³/mol. The van der Waals surface area contributed by atoms with E-state index in [4.69, 9.17) is 4.74 Å². The molecule has 0 aromatic heterocycles. The van der Waals surface area contributed by atoms with Crippen molar-refractivity contribution in [1.29, 1.82) is 0 Å². The summed E-state index contributed by atoms with van der Waals surface area (Å²) in [5, 5.41) is 14.3. The summed E-state index contributed by atoms with van der Waals surface area (Å²) in [6.45, 7) is 1.97. The van der Waals surface area contributed by atoms with Gasteiger partial charge in [0.1, 0.15) is 17.5 Å². The third kappa shape index (κ3) is 2.40. The van der Waals surface area contributed by atoms with Gasteiger partial charge in [0, 0.05) is 0 Å². The van der Waals surface area contributed by atoms with Crippen molar-refractivity contribution in [3.63, 3.8) is 0 Å². The lowest BCUT2D eigenvalue weighted by atomic mass is 9.90. The van der Waals surface area contributed by atoms with E-state index in [0.717, 1.165) is 16.9 Å². The monoisotopic (exact) mass is 331 g/mol. The van der Waals surface area contributed by atoms with Crippen LogP contribution in [0.4, 0.5) is 11.4 Å². The van der Waals surface area contributed by atoms with E-state index in [-0.39, 0.29) is 17.1 Å². The van der Waals surface area contributed by atoms with Crippen LogP contribution in [0.2, 0.25) is 0 Å². The number of allylic oxidation sites excluding steroid dienone is 1. The van der Waals surface area contributed by atoms with Crippen LogP contribution in [0.5, 0.6) is 5.75 Å². The second-order valence-corrected chi connectivity index (χ2v) is 5.73. The van der Waals surface area contributed by atoms with Crippen molar-refractivity contribution >= 4 is 23.2 Å². The molecular formula is C16H17N3O5. The van der Waals surface area contributed by atoms with Gasteiger partial charge in [-0.15, -0.1) is 0 Å². The van der Waals surface area contributed by atoms with Gasteiger partial charge >= 0.3 is 0 Å². The molecule has 3 rings (SSSR count). The van der Waals surface area contributed by atoms with Crippen LogP contribution in [-0.2, 0) is 9.59 Å². The highest BCUT2D eigenvalue weighted by Crippen LogP contribution is 2.39. The standard InChI is InChI=1S/C16H17N3O5/c1-3-9-6-11-14(17-8-9)16(21)18(15(11)20)12-5-4-10(24-2)7-13(12)19(22)23/h4-5,7-8,11,14,17H,3,6H2,1-2H3. The lowest BCUT2D eigenvalue weighted by Gasteiger charge is -2.22. The molecule has 1 N–H and O–H groups in total. The maximum absolute atomic E-state index is 12.7. The zero-order chi connectivity index (χ0) is 17.4. The van der Waals surface area contributed by atoms with Gasteiger partial charge in [0.05, 0.1) is 24.0 Å². The zero-order valence-corrected chi connectivity index (χ0v) is 13.3. The predicted octanol–water partition coefficient (Wildman–Crippen LogP) is 1.75. The zero-order valence-electron chi connectivity index (χ0n) is 13.3. The van der Waals surface area contributed by atoms with E-state index >= 15 is 0 Å². The molecule has 24 heavy (non-hydrogen) atoms. The quantitative estimate of drug-likeness (QED) is 0.512. The van der Waals surface area contributed by atoms with Gasteiger partial charge in [-0.3, -0.25) is 19.7 Å². The molecule has 1 aromatic carbocycles. The molecule has 1 aromatic rings. The number of methoxy groups -OCH3 is 1. The summed E-state index contributed by atoms with van der Waals surface area (Å²) in [7, 11) is 1.39. The summed E-state index contributed by atoms with van der Waals surface area (Å²) in [6, 6.07) is 3.40. The fraction of sp³-hybridized carbons (Fsp3) is 0.375. The van der Waals surface area contributed by atoms with Gasteiger partial charge in [0.15, 0.2) is 0 Å². The Morgan fingerprint density at radius 1 is 1.38 bits per heavy atom. The number of imide groups is 1. The molecule has 1 fully saturated rings. The average Bonchev–Trinajstić information content (AvgIpc) is 2.84. The topological polar surface area (TPSA) is 102 Å². The molecule has 2 aliphatic rings. The summed E-state index contributed by atoms with van der Waals surface area (Å²) in [6.07, 6.45) is 3.03. The van der Waals surface area contributed by atoms with Crippen molar-refractivity contribution < 1.29 is 19.2 Å². The van der Waals surface area contributed by atoms with Gasteiger partial charge in [0.25, 0.3) is 11.6 Å². The van der Waals surface area contributed by atoms with Gasteiger partial charge in [0.2, 0.25) is 5.91 Å². The first kappa shape index (κ1) is 16.0. The Morgan fingerprint density at radius 2 is 2.12 bits per heavy atom. The van der Waals surface area contributed by atoms with Crippen LogP contribution in [0.1, 0.15) is 19.8 Å². The fourth-order valence-corrected chi connectivity index (χ4v) is 3.12. The number of ether oxygens (including phenoxy) is 1. The highest BCUT2D eigenvalue weighted by molar-refractivity contribution is 6.24. The number of carbonyl (C=O) groups excluding carboxylic acids is 2. The second kappa shape index (κ2) is 5.95. The van der Waals surface area contributed by atoms with Gasteiger partial charge in [-0.25, -0.2) is 4.90 Å². The number of nitrogens with one attached hydrogen (secondary N) is 1. The van der Waals surface area contributed by atoms with Crippen LogP contribution in [-0.4, -0.2) is 29.9 Å². The van der Waals surface area contributed by atoms with Crippen LogP contribution in [0, 0.1) is 16.0 Å². The minimum atomic E-state index is -0.672. The minimum absolute atomic E-state index is 0.0231. The lowest BCUT2D eigenvalue weighted by Crippen LogP contribution is -2.40. The lowest BCUT2D eigenvalue weighted by molar-refractivity contribution is -0.384. The van der Waals surface area contributed by atoms with E-state index in [0.29, 0.717) is 6.42 Å². The van der Waals surface area contributed by atoms with Crippen molar-refractivity contribution in [1.82, 2.24) is 5.32 Å². The van der Waals surface area contributed by atoms with Crippen molar-refractivity contribution in [3.8, 4) is 5.75 Å². The number of hydrogen-bond donors (Lipinski definition) is 1. The Hall–Kier alpha value is -2.90. The van der Waals surface area contributed by atoms with Crippen LogP contribution >= 0.6 is 0 Å². The third-order valence-corrected chi connectivity index (χ3v) is 4.45. The third-order valence-electron chi connectivity index (χ3n) is 4.45. The first-order valence-electron chi connectivity index (χ1n) is 7.62. The Balaban J connectivity index is 2.01. The van der Waals surface area contributed by atoms with E-state index in [1.54, 1.807) is 6.20 Å². The Labute approximate surface area is 138 Å². The van der Waals surface area contributed by atoms with E-state index in [9.17, 15) is 19.7 Å².